The van der Waals surface area contributed by atoms with Crippen LogP contribution < -0.4 is 5.73 Å². The van der Waals surface area contributed by atoms with Crippen LogP contribution in [0.2, 0.25) is 5.22 Å². The number of rotatable bonds is 5. The van der Waals surface area contributed by atoms with Crippen molar-refractivity contribution in [3.05, 3.63) is 35.8 Å². The third-order valence-electron chi connectivity index (χ3n) is 1.88. The second-order valence-electron chi connectivity index (χ2n) is 2.97. The van der Waals surface area contributed by atoms with Crippen LogP contribution in [-0.4, -0.2) is 0 Å². The number of nitrogens with two attached hydrogens (primary N) is 1. The van der Waals surface area contributed by atoms with Gasteiger partial charge in [-0.25, -0.2) is 0 Å². The van der Waals surface area contributed by atoms with Crippen LogP contribution in [-0.2, 0) is 0 Å². The Bertz CT molecular complexity index is 270. The van der Waals surface area contributed by atoms with Gasteiger partial charge in [0.05, 0.1) is 6.04 Å². The lowest BCUT2D eigenvalue weighted by Crippen LogP contribution is -2.08. The molecule has 0 radical (unpaired) electrons. The molecule has 1 heterocycles. The second kappa shape index (κ2) is 5.10. The molecule has 2 nitrogen and oxygen atoms in total. The highest BCUT2D eigenvalue weighted by Crippen LogP contribution is 2.21. The van der Waals surface area contributed by atoms with Crippen LogP contribution in [0.5, 0.6) is 0 Å². The first-order chi connectivity index (χ1) is 6.24. The van der Waals surface area contributed by atoms with Gasteiger partial charge in [0.25, 0.3) is 0 Å². The average molecular weight is 200 g/mol. The zero-order valence-electron chi connectivity index (χ0n) is 7.50. The van der Waals surface area contributed by atoms with Crippen LogP contribution >= 0.6 is 11.6 Å². The van der Waals surface area contributed by atoms with E-state index in [-0.39, 0.29) is 6.04 Å². The molecule has 0 saturated carbocycles. The maximum Gasteiger partial charge on any atom is 0.193 e. The minimum absolute atomic E-state index is 0.0487. The fourth-order valence-electron chi connectivity index (χ4n) is 1.15. The largest absolute Gasteiger partial charge is 0.448 e. The lowest BCUT2D eigenvalue weighted by Gasteiger charge is -2.06. The molecule has 1 rings (SSSR count). The third kappa shape index (κ3) is 3.25. The molecule has 0 saturated heterocycles. The smallest absolute Gasteiger partial charge is 0.193 e. The quantitative estimate of drug-likeness (QED) is 0.584. The molecule has 0 aliphatic rings. The van der Waals surface area contributed by atoms with Crippen molar-refractivity contribution in [2.45, 2.75) is 25.3 Å². The fraction of sp³-hybridized carbons (Fsp3) is 0.400. The first-order valence-corrected chi connectivity index (χ1v) is 4.73. The van der Waals surface area contributed by atoms with Crippen LogP contribution in [0, 0.1) is 0 Å². The van der Waals surface area contributed by atoms with E-state index in [0.29, 0.717) is 5.22 Å². The molecule has 0 amide bonds. The summed E-state index contributed by atoms with van der Waals surface area (Å²) >= 11 is 5.63. The summed E-state index contributed by atoms with van der Waals surface area (Å²) in [6, 6.07) is 3.48. The molecular formula is C10H14ClNO. The number of halogens is 1. The molecule has 0 fully saturated rings. The Kier molecular flexibility index (Phi) is 4.06. The Morgan fingerprint density at radius 3 is 2.92 bits per heavy atom. The molecule has 1 atom stereocenters. The second-order valence-corrected chi connectivity index (χ2v) is 3.34. The van der Waals surface area contributed by atoms with Crippen molar-refractivity contribution in [2.24, 2.45) is 5.73 Å². The summed E-state index contributed by atoms with van der Waals surface area (Å²) < 4.78 is 5.19. The van der Waals surface area contributed by atoms with Gasteiger partial charge in [0.15, 0.2) is 5.22 Å². The number of allylic oxidation sites excluding steroid dienone is 1. The van der Waals surface area contributed by atoms with Gasteiger partial charge >= 0.3 is 0 Å². The van der Waals surface area contributed by atoms with Crippen molar-refractivity contribution in [1.82, 2.24) is 0 Å². The summed E-state index contributed by atoms with van der Waals surface area (Å²) in [6.07, 6.45) is 4.81. The highest BCUT2D eigenvalue weighted by atomic mass is 35.5. The predicted molar refractivity (Wildman–Crippen MR) is 54.7 cm³/mol. The number of unbranched alkanes of at least 4 members (excludes halogenated alkanes) is 1. The third-order valence-corrected chi connectivity index (χ3v) is 2.09. The van der Waals surface area contributed by atoms with Gasteiger partial charge in [0, 0.05) is 0 Å². The lowest BCUT2D eigenvalue weighted by atomic mass is 10.1. The minimum Gasteiger partial charge on any atom is -0.448 e. The molecule has 0 spiro atoms. The molecule has 1 unspecified atom stereocenters. The Labute approximate surface area is 83.4 Å². The first kappa shape index (κ1) is 10.4. The normalized spacial score (nSPS) is 12.8. The molecule has 0 aromatic carbocycles. The van der Waals surface area contributed by atoms with E-state index in [2.05, 4.69) is 6.58 Å². The Morgan fingerprint density at radius 2 is 2.38 bits per heavy atom. The van der Waals surface area contributed by atoms with Crippen LogP contribution in [0.15, 0.2) is 29.2 Å². The van der Waals surface area contributed by atoms with Gasteiger partial charge in [-0.15, -0.1) is 6.58 Å². The molecule has 2 N–H and O–H groups in total. The summed E-state index contributed by atoms with van der Waals surface area (Å²) in [6.45, 7) is 3.65. The van der Waals surface area contributed by atoms with E-state index in [0.717, 1.165) is 25.0 Å². The number of hydrogen-bond acceptors (Lipinski definition) is 2. The van der Waals surface area contributed by atoms with E-state index in [1.54, 1.807) is 6.07 Å². The van der Waals surface area contributed by atoms with Gasteiger partial charge in [0.1, 0.15) is 5.76 Å². The molecule has 1 aromatic heterocycles. The maximum atomic E-state index is 5.86. The SMILES string of the molecule is C=CCCCC(N)c1ccc(Cl)o1. The summed E-state index contributed by atoms with van der Waals surface area (Å²) in [5.41, 5.74) is 5.86. The van der Waals surface area contributed by atoms with Gasteiger partial charge in [-0.3, -0.25) is 0 Å². The topological polar surface area (TPSA) is 39.2 Å². The molecule has 1 aromatic rings. The highest BCUT2D eigenvalue weighted by Gasteiger charge is 2.09. The van der Waals surface area contributed by atoms with Crippen molar-refractivity contribution in [1.29, 1.82) is 0 Å². The van der Waals surface area contributed by atoms with Gasteiger partial charge in [-0.05, 0) is 43.0 Å². The molecular weight excluding hydrogens is 186 g/mol. The standard InChI is InChI=1S/C10H14ClNO/c1-2-3-4-5-8(12)9-6-7-10(11)13-9/h2,6-8H,1,3-5,12H2. The summed E-state index contributed by atoms with van der Waals surface area (Å²) in [7, 11) is 0. The van der Waals surface area contributed by atoms with E-state index in [1.165, 1.54) is 0 Å². The van der Waals surface area contributed by atoms with Crippen molar-refractivity contribution in [2.75, 3.05) is 0 Å². The van der Waals surface area contributed by atoms with Crippen LogP contribution in [0.25, 0.3) is 0 Å². The van der Waals surface area contributed by atoms with E-state index >= 15 is 0 Å². The van der Waals surface area contributed by atoms with Crippen LogP contribution in [0.4, 0.5) is 0 Å². The summed E-state index contributed by atoms with van der Waals surface area (Å²) in [5.74, 6) is 0.758. The minimum atomic E-state index is -0.0487. The zero-order valence-corrected chi connectivity index (χ0v) is 8.26. The monoisotopic (exact) mass is 199 g/mol. The number of hydrogen-bond donors (Lipinski definition) is 1. The fourth-order valence-corrected chi connectivity index (χ4v) is 1.30. The molecule has 13 heavy (non-hydrogen) atoms. The van der Waals surface area contributed by atoms with Gasteiger partial charge in [0.2, 0.25) is 0 Å². The molecule has 0 aliphatic carbocycles. The summed E-state index contributed by atoms with van der Waals surface area (Å²) in [5, 5.41) is 0.397. The zero-order chi connectivity index (χ0) is 9.68. The predicted octanol–water partition coefficient (Wildman–Crippen LogP) is 3.29. The van der Waals surface area contributed by atoms with Gasteiger partial charge in [-0.1, -0.05) is 6.08 Å². The maximum absolute atomic E-state index is 5.86. The molecule has 0 aliphatic heterocycles. The van der Waals surface area contributed by atoms with Crippen molar-refractivity contribution < 1.29 is 4.42 Å². The van der Waals surface area contributed by atoms with Gasteiger partial charge in [-0.2, -0.15) is 0 Å². The summed E-state index contributed by atoms with van der Waals surface area (Å²) in [4.78, 5) is 0. The molecule has 3 heteroatoms. The highest BCUT2D eigenvalue weighted by molar-refractivity contribution is 6.28. The molecule has 72 valence electrons. The number of furan rings is 1. The van der Waals surface area contributed by atoms with Crippen molar-refractivity contribution >= 4 is 11.6 Å². The van der Waals surface area contributed by atoms with Crippen LogP contribution in [0.3, 0.4) is 0 Å². The van der Waals surface area contributed by atoms with Crippen molar-refractivity contribution in [3.63, 3.8) is 0 Å². The van der Waals surface area contributed by atoms with E-state index < -0.39 is 0 Å². The van der Waals surface area contributed by atoms with Gasteiger partial charge < -0.3 is 10.2 Å². The Hall–Kier alpha value is -0.730. The van der Waals surface area contributed by atoms with Crippen molar-refractivity contribution in [3.8, 4) is 0 Å². The Balaban J connectivity index is 2.39. The van der Waals surface area contributed by atoms with E-state index in [9.17, 15) is 0 Å². The van der Waals surface area contributed by atoms with E-state index in [1.807, 2.05) is 12.1 Å². The van der Waals surface area contributed by atoms with Crippen LogP contribution in [0.1, 0.15) is 31.1 Å². The lowest BCUT2D eigenvalue weighted by molar-refractivity contribution is 0.448. The Morgan fingerprint density at radius 1 is 1.62 bits per heavy atom. The average Bonchev–Trinajstić information content (AvgIpc) is 2.52. The first-order valence-electron chi connectivity index (χ1n) is 4.35. The molecule has 0 bridgehead atoms. The van der Waals surface area contributed by atoms with E-state index in [4.69, 9.17) is 21.8 Å².